The number of nitrogens with one attached hydrogen (secondary N) is 2. The molecule has 0 saturated carbocycles. The molecule has 2 aromatic carbocycles. The molecule has 2 rings (SSSR count). The standard InChI is InChI=1S/C34H49N3O7/c1-21(2)37(30(40)27(20-38)36-32(42)44-34(8,9)10)28(25-17-16-22(3)18-23(25)4)29(39)35-26(31(41)43-33(5,6)7)19-24-14-12-11-13-15-24/h11-18,21,26-28,38H,19-20H2,1-10H3,(H,35,39)(H,36,42). The van der Waals surface area contributed by atoms with E-state index in [-0.39, 0.29) is 6.42 Å². The van der Waals surface area contributed by atoms with Crippen molar-refractivity contribution < 1.29 is 33.8 Å². The van der Waals surface area contributed by atoms with Crippen LogP contribution in [0.15, 0.2) is 48.5 Å². The number of hydrogen-bond acceptors (Lipinski definition) is 7. The number of nitrogens with zero attached hydrogens (tertiary/aromatic N) is 1. The fraction of sp³-hybridized carbons (Fsp3) is 0.529. The number of carbonyl (C=O) groups is 4. The van der Waals surface area contributed by atoms with Crippen LogP contribution >= 0.6 is 0 Å². The van der Waals surface area contributed by atoms with Gasteiger partial charge in [0.05, 0.1) is 6.61 Å². The minimum atomic E-state index is -1.39. The molecular weight excluding hydrogens is 562 g/mol. The average molecular weight is 612 g/mol. The Balaban J connectivity index is 2.59. The number of aryl methyl sites for hydroxylation is 2. The number of alkyl carbamates (subject to hydrolysis) is 1. The first-order valence-electron chi connectivity index (χ1n) is 14.9. The van der Waals surface area contributed by atoms with Crippen LogP contribution in [0.25, 0.3) is 0 Å². The predicted molar refractivity (Wildman–Crippen MR) is 169 cm³/mol. The van der Waals surface area contributed by atoms with Crippen molar-refractivity contribution in [1.29, 1.82) is 0 Å². The van der Waals surface area contributed by atoms with Crippen LogP contribution in [-0.4, -0.2) is 69.8 Å². The maximum atomic E-state index is 14.3. The average Bonchev–Trinajstić information content (AvgIpc) is 2.88. The fourth-order valence-corrected chi connectivity index (χ4v) is 4.71. The molecule has 44 heavy (non-hydrogen) atoms. The maximum Gasteiger partial charge on any atom is 0.408 e. The second kappa shape index (κ2) is 15.2. The van der Waals surface area contributed by atoms with Gasteiger partial charge in [0.1, 0.15) is 29.3 Å². The molecule has 0 bridgehead atoms. The molecule has 3 amide bonds. The highest BCUT2D eigenvalue weighted by atomic mass is 16.6. The number of hydrogen-bond donors (Lipinski definition) is 3. The van der Waals surface area contributed by atoms with Crippen LogP contribution in [0.4, 0.5) is 4.79 Å². The summed E-state index contributed by atoms with van der Waals surface area (Å²) in [5, 5.41) is 15.5. The van der Waals surface area contributed by atoms with Crippen LogP contribution in [0, 0.1) is 13.8 Å². The number of carbonyl (C=O) groups excluding carboxylic acids is 4. The Hall–Kier alpha value is -3.92. The van der Waals surface area contributed by atoms with E-state index in [2.05, 4.69) is 10.6 Å². The summed E-state index contributed by atoms with van der Waals surface area (Å²) in [6.07, 6.45) is -0.718. The number of benzene rings is 2. The minimum Gasteiger partial charge on any atom is -0.458 e. The Morgan fingerprint density at radius 1 is 0.841 bits per heavy atom. The number of aliphatic hydroxyl groups excluding tert-OH is 1. The van der Waals surface area contributed by atoms with Gasteiger partial charge in [0.15, 0.2) is 0 Å². The van der Waals surface area contributed by atoms with E-state index in [1.807, 2.05) is 56.3 Å². The van der Waals surface area contributed by atoms with E-state index in [0.717, 1.165) is 16.7 Å². The molecule has 10 heteroatoms. The van der Waals surface area contributed by atoms with Gasteiger partial charge in [-0.15, -0.1) is 0 Å². The van der Waals surface area contributed by atoms with E-state index in [4.69, 9.17) is 9.47 Å². The summed E-state index contributed by atoms with van der Waals surface area (Å²) in [5.41, 5.74) is 1.43. The molecule has 242 valence electrons. The summed E-state index contributed by atoms with van der Waals surface area (Å²) in [7, 11) is 0. The second-order valence-electron chi connectivity index (χ2n) is 13.3. The zero-order chi connectivity index (χ0) is 33.4. The lowest BCUT2D eigenvalue weighted by Gasteiger charge is -2.38. The third-order valence-electron chi connectivity index (χ3n) is 6.52. The third kappa shape index (κ3) is 11.0. The smallest absolute Gasteiger partial charge is 0.408 e. The number of amides is 3. The molecule has 0 aliphatic carbocycles. The predicted octanol–water partition coefficient (Wildman–Crippen LogP) is 4.54. The number of esters is 1. The molecular formula is C34H49N3O7. The minimum absolute atomic E-state index is 0.163. The van der Waals surface area contributed by atoms with Crippen LogP contribution in [-0.2, 0) is 30.3 Å². The normalized spacial score (nSPS) is 13.8. The molecule has 0 saturated heterocycles. The molecule has 0 aliphatic rings. The van der Waals surface area contributed by atoms with E-state index in [1.54, 1.807) is 61.5 Å². The summed E-state index contributed by atoms with van der Waals surface area (Å²) < 4.78 is 11.0. The van der Waals surface area contributed by atoms with Crippen LogP contribution in [0.2, 0.25) is 0 Å². The topological polar surface area (TPSA) is 134 Å². The second-order valence-corrected chi connectivity index (χ2v) is 13.3. The molecule has 3 N–H and O–H groups in total. The van der Waals surface area contributed by atoms with Crippen molar-refractivity contribution in [2.75, 3.05) is 6.61 Å². The lowest BCUT2D eigenvalue weighted by Crippen LogP contribution is -2.57. The largest absolute Gasteiger partial charge is 0.458 e. The van der Waals surface area contributed by atoms with Crippen LogP contribution in [0.5, 0.6) is 0 Å². The summed E-state index contributed by atoms with van der Waals surface area (Å²) in [6, 6.07) is 10.5. The van der Waals surface area contributed by atoms with E-state index < -0.39 is 65.9 Å². The Morgan fingerprint density at radius 2 is 1.43 bits per heavy atom. The molecule has 0 heterocycles. The van der Waals surface area contributed by atoms with Gasteiger partial charge in [0.25, 0.3) is 0 Å². The summed E-state index contributed by atoms with van der Waals surface area (Å²) in [6.45, 7) is 16.8. The lowest BCUT2D eigenvalue weighted by atomic mass is 9.95. The fourth-order valence-electron chi connectivity index (χ4n) is 4.71. The summed E-state index contributed by atoms with van der Waals surface area (Å²) in [4.78, 5) is 55.6. The van der Waals surface area contributed by atoms with Gasteiger partial charge in [0.2, 0.25) is 11.8 Å². The van der Waals surface area contributed by atoms with Crippen molar-refractivity contribution in [2.24, 2.45) is 0 Å². The van der Waals surface area contributed by atoms with E-state index in [1.165, 1.54) is 4.90 Å². The van der Waals surface area contributed by atoms with Crippen LogP contribution in [0.3, 0.4) is 0 Å². The Labute approximate surface area is 261 Å². The van der Waals surface area contributed by atoms with Gasteiger partial charge in [-0.1, -0.05) is 54.1 Å². The van der Waals surface area contributed by atoms with Gasteiger partial charge in [-0.3, -0.25) is 9.59 Å². The van der Waals surface area contributed by atoms with Gasteiger partial charge in [0, 0.05) is 12.5 Å². The SMILES string of the molecule is Cc1ccc(C(C(=O)NC(Cc2ccccc2)C(=O)OC(C)(C)C)N(C(=O)C(CO)NC(=O)OC(C)(C)C)C(C)C)c(C)c1. The van der Waals surface area contributed by atoms with Crippen molar-refractivity contribution in [3.05, 3.63) is 70.8 Å². The van der Waals surface area contributed by atoms with Crippen LogP contribution < -0.4 is 10.6 Å². The Morgan fingerprint density at radius 3 is 1.93 bits per heavy atom. The summed E-state index contributed by atoms with van der Waals surface area (Å²) >= 11 is 0. The van der Waals surface area contributed by atoms with Gasteiger partial charge in [-0.05, 0) is 85.9 Å². The molecule has 2 aromatic rings. The molecule has 3 atom stereocenters. The molecule has 10 nitrogen and oxygen atoms in total. The van der Waals surface area contributed by atoms with Gasteiger partial charge in [-0.25, -0.2) is 9.59 Å². The van der Waals surface area contributed by atoms with Crippen molar-refractivity contribution in [2.45, 2.75) is 111 Å². The number of ether oxygens (including phenoxy) is 2. The Kier molecular flexibility index (Phi) is 12.5. The monoisotopic (exact) mass is 611 g/mol. The quantitative estimate of drug-likeness (QED) is 0.318. The number of rotatable bonds is 11. The van der Waals surface area contributed by atoms with Gasteiger partial charge in [-0.2, -0.15) is 0 Å². The number of aliphatic hydroxyl groups is 1. The van der Waals surface area contributed by atoms with Gasteiger partial charge < -0.3 is 30.1 Å². The molecule has 0 fully saturated rings. The molecule has 3 unspecified atom stereocenters. The summed E-state index contributed by atoms with van der Waals surface area (Å²) in [5.74, 6) is -1.92. The lowest BCUT2D eigenvalue weighted by molar-refractivity contribution is -0.159. The van der Waals surface area contributed by atoms with E-state index in [0.29, 0.717) is 5.56 Å². The first kappa shape index (κ1) is 36.3. The van der Waals surface area contributed by atoms with Crippen LogP contribution in [0.1, 0.15) is 83.7 Å². The van der Waals surface area contributed by atoms with E-state index in [9.17, 15) is 24.3 Å². The molecule has 0 spiro atoms. The zero-order valence-corrected chi connectivity index (χ0v) is 27.7. The van der Waals surface area contributed by atoms with E-state index >= 15 is 0 Å². The Bertz CT molecular complexity index is 1300. The highest BCUT2D eigenvalue weighted by molar-refractivity contribution is 5.94. The third-order valence-corrected chi connectivity index (χ3v) is 6.52. The molecule has 0 aliphatic heterocycles. The van der Waals surface area contributed by atoms with Crippen molar-refractivity contribution in [1.82, 2.24) is 15.5 Å². The zero-order valence-electron chi connectivity index (χ0n) is 27.7. The highest BCUT2D eigenvalue weighted by Crippen LogP contribution is 2.29. The molecule has 0 radical (unpaired) electrons. The first-order valence-corrected chi connectivity index (χ1v) is 14.9. The van der Waals surface area contributed by atoms with Gasteiger partial charge >= 0.3 is 12.1 Å². The van der Waals surface area contributed by atoms with Crippen molar-refractivity contribution in [3.8, 4) is 0 Å². The molecule has 0 aromatic heterocycles. The van der Waals surface area contributed by atoms with Crippen molar-refractivity contribution in [3.63, 3.8) is 0 Å². The highest BCUT2D eigenvalue weighted by Gasteiger charge is 2.40. The van der Waals surface area contributed by atoms with Crippen molar-refractivity contribution >= 4 is 23.9 Å². The maximum absolute atomic E-state index is 14.3. The first-order chi connectivity index (χ1) is 20.3.